The second kappa shape index (κ2) is 3.40. The van der Waals surface area contributed by atoms with E-state index in [9.17, 15) is 13.6 Å². The highest BCUT2D eigenvalue weighted by Gasteiger charge is 2.13. The third kappa shape index (κ3) is 1.48. The summed E-state index contributed by atoms with van der Waals surface area (Å²) < 4.78 is 25.2. The average Bonchev–Trinajstić information content (AvgIpc) is 2.08. The van der Waals surface area contributed by atoms with Gasteiger partial charge in [0.2, 0.25) is 0 Å². The number of Topliss-reactive ketones (excluding diaryl/α,β-unsaturated/α-hetero) is 1. The second-order valence-electron chi connectivity index (χ2n) is 2.18. The number of carbonyl (C=O) groups is 1. The molecule has 0 atom stereocenters. The van der Waals surface area contributed by atoms with E-state index in [0.717, 1.165) is 12.1 Å². The van der Waals surface area contributed by atoms with Crippen LogP contribution in [0, 0.1) is 11.6 Å². The van der Waals surface area contributed by atoms with Gasteiger partial charge in [0.05, 0.1) is 5.56 Å². The van der Waals surface area contributed by atoms with E-state index >= 15 is 0 Å². The van der Waals surface area contributed by atoms with Crippen molar-refractivity contribution in [1.29, 1.82) is 0 Å². The van der Waals surface area contributed by atoms with Gasteiger partial charge in [0.15, 0.2) is 17.4 Å². The highest BCUT2D eigenvalue weighted by Crippen LogP contribution is 2.11. The molecule has 0 heterocycles. The molecular formula is C8H6F2O2. The first-order valence-corrected chi connectivity index (χ1v) is 3.25. The summed E-state index contributed by atoms with van der Waals surface area (Å²) in [4.78, 5) is 10.7. The first-order valence-electron chi connectivity index (χ1n) is 3.25. The fourth-order valence-corrected chi connectivity index (χ4v) is 0.804. The molecule has 0 aliphatic heterocycles. The van der Waals surface area contributed by atoms with Crippen molar-refractivity contribution in [2.75, 3.05) is 6.61 Å². The van der Waals surface area contributed by atoms with Gasteiger partial charge in [-0.25, -0.2) is 8.78 Å². The highest BCUT2D eigenvalue weighted by molar-refractivity contribution is 5.97. The van der Waals surface area contributed by atoms with Crippen LogP contribution in [0.15, 0.2) is 18.2 Å². The van der Waals surface area contributed by atoms with Gasteiger partial charge in [-0.2, -0.15) is 0 Å². The van der Waals surface area contributed by atoms with E-state index in [1.54, 1.807) is 0 Å². The Morgan fingerprint density at radius 1 is 1.42 bits per heavy atom. The zero-order valence-corrected chi connectivity index (χ0v) is 6.05. The maximum absolute atomic E-state index is 12.7. The Morgan fingerprint density at radius 3 is 2.67 bits per heavy atom. The van der Waals surface area contributed by atoms with E-state index in [-0.39, 0.29) is 0 Å². The summed E-state index contributed by atoms with van der Waals surface area (Å²) in [7, 11) is 0. The molecule has 64 valence electrons. The number of hydrogen-bond donors (Lipinski definition) is 1. The molecule has 4 heteroatoms. The number of ketones is 1. The van der Waals surface area contributed by atoms with Crippen molar-refractivity contribution >= 4 is 5.78 Å². The minimum absolute atomic E-state index is 0.419. The predicted molar refractivity (Wildman–Crippen MR) is 37.8 cm³/mol. The minimum atomic E-state index is -1.21. The largest absolute Gasteiger partial charge is 0.388 e. The maximum Gasteiger partial charge on any atom is 0.191 e. The van der Waals surface area contributed by atoms with E-state index in [1.165, 1.54) is 6.07 Å². The number of benzene rings is 1. The Hall–Kier alpha value is -1.29. The lowest BCUT2D eigenvalue weighted by molar-refractivity contribution is 0.0898. The molecular weight excluding hydrogens is 166 g/mol. The summed E-state index contributed by atoms with van der Waals surface area (Å²) in [5, 5.41) is 8.36. The number of halogens is 2. The quantitative estimate of drug-likeness (QED) is 0.679. The van der Waals surface area contributed by atoms with Crippen LogP contribution >= 0.6 is 0 Å². The lowest BCUT2D eigenvalue weighted by atomic mass is 10.1. The predicted octanol–water partition coefficient (Wildman–Crippen LogP) is 1.14. The summed E-state index contributed by atoms with van der Waals surface area (Å²) in [5.41, 5.74) is -0.419. The van der Waals surface area contributed by atoms with E-state index in [0.29, 0.717) is 0 Å². The summed E-state index contributed by atoms with van der Waals surface area (Å²) in [5.74, 6) is -3.13. The van der Waals surface area contributed by atoms with E-state index < -0.39 is 29.6 Å². The minimum Gasteiger partial charge on any atom is -0.388 e. The number of aliphatic hydroxyl groups is 1. The lowest BCUT2D eigenvalue weighted by Gasteiger charge is -1.99. The lowest BCUT2D eigenvalue weighted by Crippen LogP contribution is -2.07. The van der Waals surface area contributed by atoms with Crippen molar-refractivity contribution in [3.8, 4) is 0 Å². The van der Waals surface area contributed by atoms with Crippen LogP contribution in [0.1, 0.15) is 10.4 Å². The highest BCUT2D eigenvalue weighted by atomic mass is 19.2. The van der Waals surface area contributed by atoms with Crippen molar-refractivity contribution in [2.24, 2.45) is 0 Å². The van der Waals surface area contributed by atoms with Gasteiger partial charge < -0.3 is 5.11 Å². The normalized spacial score (nSPS) is 9.92. The van der Waals surface area contributed by atoms with E-state index in [1.807, 2.05) is 0 Å². The van der Waals surface area contributed by atoms with Crippen molar-refractivity contribution in [3.63, 3.8) is 0 Å². The standard InChI is InChI=1S/C8H6F2O2/c9-6-3-1-2-5(8(6)10)7(12)4-11/h1-3,11H,4H2. The molecule has 0 unspecified atom stereocenters. The molecule has 0 saturated heterocycles. The number of rotatable bonds is 2. The van der Waals surface area contributed by atoms with Gasteiger partial charge in [0.1, 0.15) is 6.61 Å². The monoisotopic (exact) mass is 172 g/mol. The maximum atomic E-state index is 12.7. The van der Waals surface area contributed by atoms with Gasteiger partial charge in [-0.05, 0) is 12.1 Å². The molecule has 1 aromatic carbocycles. The topological polar surface area (TPSA) is 37.3 Å². The Bertz CT molecular complexity index is 310. The van der Waals surface area contributed by atoms with Gasteiger partial charge in [-0.3, -0.25) is 4.79 Å². The molecule has 0 spiro atoms. The number of hydrogen-bond acceptors (Lipinski definition) is 2. The molecule has 1 rings (SSSR count). The molecule has 12 heavy (non-hydrogen) atoms. The van der Waals surface area contributed by atoms with Crippen LogP contribution in [0.25, 0.3) is 0 Å². The van der Waals surface area contributed by atoms with Gasteiger partial charge in [0.25, 0.3) is 0 Å². The molecule has 0 aliphatic carbocycles. The Morgan fingerprint density at radius 2 is 2.08 bits per heavy atom. The molecule has 0 aromatic heterocycles. The summed E-state index contributed by atoms with van der Waals surface area (Å²) in [6.07, 6.45) is 0. The first-order chi connectivity index (χ1) is 5.66. The fraction of sp³-hybridized carbons (Fsp3) is 0.125. The van der Waals surface area contributed by atoms with Gasteiger partial charge in [0, 0.05) is 0 Å². The second-order valence-corrected chi connectivity index (χ2v) is 2.18. The molecule has 1 aromatic rings. The van der Waals surface area contributed by atoms with Crippen LogP contribution in [-0.2, 0) is 0 Å². The van der Waals surface area contributed by atoms with E-state index in [4.69, 9.17) is 5.11 Å². The summed E-state index contributed by atoms with van der Waals surface area (Å²) in [6.45, 7) is -0.819. The zero-order valence-electron chi connectivity index (χ0n) is 6.05. The molecule has 0 fully saturated rings. The molecule has 0 amide bonds. The third-order valence-electron chi connectivity index (χ3n) is 1.40. The number of carbonyl (C=O) groups excluding carboxylic acids is 1. The summed E-state index contributed by atoms with van der Waals surface area (Å²) in [6, 6.07) is 3.24. The number of aliphatic hydroxyl groups excluding tert-OH is 1. The SMILES string of the molecule is O=C(CO)c1cccc(F)c1F. The first kappa shape index (κ1) is 8.80. The van der Waals surface area contributed by atoms with Gasteiger partial charge in [-0.15, -0.1) is 0 Å². The van der Waals surface area contributed by atoms with Gasteiger partial charge >= 0.3 is 0 Å². The van der Waals surface area contributed by atoms with Crippen LogP contribution in [-0.4, -0.2) is 17.5 Å². The van der Waals surface area contributed by atoms with Crippen LogP contribution in [0.3, 0.4) is 0 Å². The zero-order chi connectivity index (χ0) is 9.14. The Labute approximate surface area is 67.4 Å². The van der Waals surface area contributed by atoms with Crippen LogP contribution in [0.5, 0.6) is 0 Å². The van der Waals surface area contributed by atoms with Crippen molar-refractivity contribution in [2.45, 2.75) is 0 Å². The summed E-state index contributed by atoms with van der Waals surface area (Å²) >= 11 is 0. The molecule has 2 nitrogen and oxygen atoms in total. The molecule has 0 saturated carbocycles. The Balaban J connectivity index is 3.16. The van der Waals surface area contributed by atoms with Crippen LogP contribution < -0.4 is 0 Å². The molecule has 1 N–H and O–H groups in total. The fourth-order valence-electron chi connectivity index (χ4n) is 0.804. The van der Waals surface area contributed by atoms with Crippen molar-refractivity contribution in [1.82, 2.24) is 0 Å². The molecule has 0 radical (unpaired) electrons. The average molecular weight is 172 g/mol. The smallest absolute Gasteiger partial charge is 0.191 e. The van der Waals surface area contributed by atoms with Crippen LogP contribution in [0.2, 0.25) is 0 Å². The third-order valence-corrected chi connectivity index (χ3v) is 1.40. The van der Waals surface area contributed by atoms with Crippen molar-refractivity contribution in [3.05, 3.63) is 35.4 Å². The molecule has 0 bridgehead atoms. The van der Waals surface area contributed by atoms with Crippen LogP contribution in [0.4, 0.5) is 8.78 Å². The Kier molecular flexibility index (Phi) is 2.50. The van der Waals surface area contributed by atoms with E-state index in [2.05, 4.69) is 0 Å². The molecule has 0 aliphatic rings. The van der Waals surface area contributed by atoms with Gasteiger partial charge in [-0.1, -0.05) is 6.07 Å². The van der Waals surface area contributed by atoms with Crippen molar-refractivity contribution < 1.29 is 18.7 Å².